The molecule has 2 heteroatoms. The zero-order valence-electron chi connectivity index (χ0n) is 10.8. The minimum absolute atomic E-state index is 0.992. The summed E-state index contributed by atoms with van der Waals surface area (Å²) in [6, 6.07) is 19.2. The van der Waals surface area contributed by atoms with Crippen LogP contribution in [-0.4, -0.2) is 4.98 Å². The van der Waals surface area contributed by atoms with E-state index in [1.54, 1.807) is 0 Å². The summed E-state index contributed by atoms with van der Waals surface area (Å²) in [7, 11) is 0. The quantitative estimate of drug-likeness (QED) is 0.756. The van der Waals surface area contributed by atoms with E-state index in [2.05, 4.69) is 64.9 Å². The predicted octanol–water partition coefficient (Wildman–Crippen LogP) is 2.50. The number of fused-ring (bicyclic) bond motifs is 1. The third-order valence-corrected chi connectivity index (χ3v) is 3.37. The van der Waals surface area contributed by atoms with Gasteiger partial charge in [-0.15, -0.1) is 0 Å². The van der Waals surface area contributed by atoms with E-state index in [9.17, 15) is 0 Å². The molecule has 3 aromatic rings. The Labute approximate surface area is 113 Å². The normalized spacial score (nSPS) is 10.7. The van der Waals surface area contributed by atoms with Crippen LogP contribution in [0.2, 0.25) is 0 Å². The first kappa shape index (κ1) is 11.9. The van der Waals surface area contributed by atoms with E-state index in [4.69, 9.17) is 0 Å². The van der Waals surface area contributed by atoms with E-state index < -0.39 is 0 Å². The van der Waals surface area contributed by atoms with Crippen LogP contribution in [0.25, 0.3) is 10.8 Å². The lowest BCUT2D eigenvalue weighted by atomic mass is 10.0. The second kappa shape index (κ2) is 5.63. The molecule has 2 nitrogen and oxygen atoms in total. The average molecular weight is 249 g/mol. The van der Waals surface area contributed by atoms with Crippen LogP contribution in [0.5, 0.6) is 0 Å². The van der Waals surface area contributed by atoms with Crippen molar-refractivity contribution in [1.82, 2.24) is 4.98 Å². The number of hydrogen-bond acceptors (Lipinski definition) is 1. The zero-order chi connectivity index (χ0) is 12.9. The largest absolute Gasteiger partial charge is 0.339 e. The molecule has 0 aliphatic carbocycles. The number of benzene rings is 2. The Hall–Kier alpha value is -2.19. The van der Waals surface area contributed by atoms with Crippen molar-refractivity contribution in [2.75, 3.05) is 0 Å². The summed E-state index contributed by atoms with van der Waals surface area (Å²) in [5.41, 5.74) is 2.71. The number of quaternary nitrogens is 1. The molecular formula is C17H17N2+. The summed E-state index contributed by atoms with van der Waals surface area (Å²) in [5.74, 6) is 0. The van der Waals surface area contributed by atoms with Crippen molar-refractivity contribution in [3.8, 4) is 0 Å². The van der Waals surface area contributed by atoms with Gasteiger partial charge in [0.15, 0.2) is 0 Å². The topological polar surface area (TPSA) is 29.5 Å². The maximum atomic E-state index is 4.04. The molecule has 0 fully saturated rings. The number of nitrogens with zero attached hydrogens (tertiary/aromatic N) is 1. The summed E-state index contributed by atoms with van der Waals surface area (Å²) in [5, 5.41) is 5.00. The number of aromatic nitrogens is 1. The van der Waals surface area contributed by atoms with Gasteiger partial charge in [0, 0.05) is 23.5 Å². The van der Waals surface area contributed by atoms with E-state index in [0.717, 1.165) is 13.1 Å². The Morgan fingerprint density at radius 1 is 0.789 bits per heavy atom. The van der Waals surface area contributed by atoms with Gasteiger partial charge in [-0.05, 0) is 22.9 Å². The highest BCUT2D eigenvalue weighted by atomic mass is 14.8. The number of rotatable bonds is 4. The Morgan fingerprint density at radius 2 is 1.58 bits per heavy atom. The molecule has 0 atom stereocenters. The van der Waals surface area contributed by atoms with Crippen LogP contribution < -0.4 is 5.32 Å². The minimum Gasteiger partial charge on any atom is -0.339 e. The van der Waals surface area contributed by atoms with Gasteiger partial charge in [0.25, 0.3) is 0 Å². The molecule has 0 radical (unpaired) electrons. The molecule has 1 heterocycles. The van der Waals surface area contributed by atoms with Gasteiger partial charge in [-0.2, -0.15) is 0 Å². The monoisotopic (exact) mass is 249 g/mol. The number of nitrogens with two attached hydrogens (primary N) is 1. The second-order valence-corrected chi connectivity index (χ2v) is 4.69. The molecule has 0 bridgehead atoms. The molecule has 0 amide bonds. The fourth-order valence-corrected chi connectivity index (χ4v) is 2.38. The van der Waals surface area contributed by atoms with Crippen molar-refractivity contribution in [1.29, 1.82) is 0 Å². The molecule has 0 aliphatic rings. The molecule has 2 N–H and O–H groups in total. The molecule has 0 saturated carbocycles. The highest BCUT2D eigenvalue weighted by molar-refractivity contribution is 5.85. The smallest absolute Gasteiger partial charge is 0.102 e. The lowest BCUT2D eigenvalue weighted by Crippen LogP contribution is -2.80. The molecule has 94 valence electrons. The van der Waals surface area contributed by atoms with Crippen LogP contribution in [0.1, 0.15) is 11.1 Å². The summed E-state index contributed by atoms with van der Waals surface area (Å²) in [6.07, 6.45) is 3.70. The molecular weight excluding hydrogens is 232 g/mol. The fourth-order valence-electron chi connectivity index (χ4n) is 2.38. The first-order valence-corrected chi connectivity index (χ1v) is 6.61. The number of hydrogen-bond donors (Lipinski definition) is 1. The first-order chi connectivity index (χ1) is 9.43. The summed E-state index contributed by atoms with van der Waals surface area (Å²) in [6.45, 7) is 2.00. The van der Waals surface area contributed by atoms with Crippen molar-refractivity contribution < 1.29 is 5.32 Å². The van der Waals surface area contributed by atoms with Crippen molar-refractivity contribution in [3.63, 3.8) is 0 Å². The Kier molecular flexibility index (Phi) is 3.52. The zero-order valence-corrected chi connectivity index (χ0v) is 10.8. The van der Waals surface area contributed by atoms with Gasteiger partial charge in [0.2, 0.25) is 0 Å². The van der Waals surface area contributed by atoms with E-state index >= 15 is 0 Å². The Balaban J connectivity index is 1.72. The number of pyridine rings is 1. The Morgan fingerprint density at radius 3 is 2.47 bits per heavy atom. The molecule has 2 aromatic carbocycles. The third kappa shape index (κ3) is 2.80. The van der Waals surface area contributed by atoms with Crippen LogP contribution in [-0.2, 0) is 13.1 Å². The maximum absolute atomic E-state index is 4.04. The molecule has 1 aromatic heterocycles. The molecule has 3 rings (SSSR count). The fraction of sp³-hybridized carbons (Fsp3) is 0.118. The van der Waals surface area contributed by atoms with E-state index in [0.29, 0.717) is 0 Å². The average Bonchev–Trinajstić information content (AvgIpc) is 2.49. The Bertz CT molecular complexity index is 657. The SMILES string of the molecule is c1ccc2c(C[NH2+]Cc3ccncc3)cccc2c1. The van der Waals surface area contributed by atoms with Crippen molar-refractivity contribution in [2.24, 2.45) is 0 Å². The molecule has 0 aliphatic heterocycles. The van der Waals surface area contributed by atoms with Gasteiger partial charge in [-0.25, -0.2) is 0 Å². The van der Waals surface area contributed by atoms with Gasteiger partial charge >= 0.3 is 0 Å². The minimum atomic E-state index is 0.992. The summed E-state index contributed by atoms with van der Waals surface area (Å²) in [4.78, 5) is 4.04. The van der Waals surface area contributed by atoms with Gasteiger partial charge in [0.05, 0.1) is 0 Å². The van der Waals surface area contributed by atoms with E-state index in [-0.39, 0.29) is 0 Å². The highest BCUT2D eigenvalue weighted by Gasteiger charge is 2.02. The molecule has 19 heavy (non-hydrogen) atoms. The van der Waals surface area contributed by atoms with Crippen LogP contribution >= 0.6 is 0 Å². The van der Waals surface area contributed by atoms with Crippen LogP contribution in [0.3, 0.4) is 0 Å². The van der Waals surface area contributed by atoms with Gasteiger partial charge < -0.3 is 5.32 Å². The van der Waals surface area contributed by atoms with Gasteiger partial charge in [0.1, 0.15) is 13.1 Å². The van der Waals surface area contributed by atoms with Crippen LogP contribution in [0.15, 0.2) is 67.0 Å². The lowest BCUT2D eigenvalue weighted by molar-refractivity contribution is -0.686. The molecule has 0 saturated heterocycles. The summed E-state index contributed by atoms with van der Waals surface area (Å²) >= 11 is 0. The van der Waals surface area contributed by atoms with Crippen molar-refractivity contribution in [2.45, 2.75) is 13.1 Å². The first-order valence-electron chi connectivity index (χ1n) is 6.61. The second-order valence-electron chi connectivity index (χ2n) is 4.69. The maximum Gasteiger partial charge on any atom is 0.102 e. The molecule has 0 unspecified atom stereocenters. The van der Waals surface area contributed by atoms with Gasteiger partial charge in [-0.1, -0.05) is 42.5 Å². The van der Waals surface area contributed by atoms with Gasteiger partial charge in [-0.3, -0.25) is 4.98 Å². The standard InChI is InChI=1S/C17H16N2/c1-2-7-17-15(4-1)5-3-6-16(17)13-19-12-14-8-10-18-11-9-14/h1-11,19H,12-13H2/p+1. The third-order valence-electron chi connectivity index (χ3n) is 3.37. The predicted molar refractivity (Wildman–Crippen MR) is 77.5 cm³/mol. The van der Waals surface area contributed by atoms with E-state index in [1.807, 2.05) is 12.4 Å². The highest BCUT2D eigenvalue weighted by Crippen LogP contribution is 2.17. The lowest BCUT2D eigenvalue weighted by Gasteiger charge is -2.06. The van der Waals surface area contributed by atoms with Crippen molar-refractivity contribution in [3.05, 3.63) is 78.1 Å². The van der Waals surface area contributed by atoms with Crippen molar-refractivity contribution >= 4 is 10.8 Å². The van der Waals surface area contributed by atoms with Crippen LogP contribution in [0.4, 0.5) is 0 Å². The van der Waals surface area contributed by atoms with Crippen LogP contribution in [0, 0.1) is 0 Å². The molecule has 0 spiro atoms. The summed E-state index contributed by atoms with van der Waals surface area (Å²) < 4.78 is 0. The van der Waals surface area contributed by atoms with E-state index in [1.165, 1.54) is 21.9 Å².